The van der Waals surface area contributed by atoms with E-state index in [4.69, 9.17) is 4.84 Å². The molecule has 1 N–H and O–H groups in total. The summed E-state index contributed by atoms with van der Waals surface area (Å²) in [6.07, 6.45) is 1.61. The molecule has 0 amide bonds. The molecular weight excluding hydrogens is 276 g/mol. The predicted molar refractivity (Wildman–Crippen MR) is 86.8 cm³/mol. The van der Waals surface area contributed by atoms with Crippen LogP contribution in [0.1, 0.15) is 18.2 Å². The molecule has 0 aliphatic carbocycles. The van der Waals surface area contributed by atoms with E-state index in [0.29, 0.717) is 18.0 Å². The molecule has 4 nitrogen and oxygen atoms in total. The summed E-state index contributed by atoms with van der Waals surface area (Å²) >= 11 is 0. The Bertz CT molecular complexity index is 823. The van der Waals surface area contributed by atoms with Crippen molar-refractivity contribution in [3.05, 3.63) is 72.1 Å². The number of nitrogens with zero attached hydrogens (tertiary/aromatic N) is 2. The minimum Gasteiger partial charge on any atom is -0.506 e. The van der Waals surface area contributed by atoms with Gasteiger partial charge in [0.05, 0.1) is 0 Å². The zero-order valence-electron chi connectivity index (χ0n) is 12.2. The van der Waals surface area contributed by atoms with Gasteiger partial charge in [-0.1, -0.05) is 47.6 Å². The van der Waals surface area contributed by atoms with Gasteiger partial charge in [0.1, 0.15) is 23.8 Å². The lowest BCUT2D eigenvalue weighted by Gasteiger charge is -2.06. The molecule has 110 valence electrons. The van der Waals surface area contributed by atoms with Crippen LogP contribution in [0.2, 0.25) is 0 Å². The molecule has 0 saturated heterocycles. The Morgan fingerprint density at radius 2 is 1.91 bits per heavy atom. The van der Waals surface area contributed by atoms with Gasteiger partial charge in [0, 0.05) is 6.20 Å². The van der Waals surface area contributed by atoms with Crippen molar-refractivity contribution in [2.75, 3.05) is 0 Å². The molecule has 1 aromatic heterocycles. The Hall–Kier alpha value is -2.88. The minimum absolute atomic E-state index is 0.0949. The fourth-order valence-corrected chi connectivity index (χ4v) is 2.34. The molecule has 2 aromatic carbocycles. The fraction of sp³-hybridized carbons (Fsp3) is 0.111. The maximum atomic E-state index is 9.74. The van der Waals surface area contributed by atoms with Gasteiger partial charge in [-0.25, -0.2) is 0 Å². The quantitative estimate of drug-likeness (QED) is 0.586. The molecule has 0 unspecified atom stereocenters. The number of hydrogen-bond donors (Lipinski definition) is 1. The van der Waals surface area contributed by atoms with Gasteiger partial charge in [-0.05, 0) is 35.4 Å². The summed E-state index contributed by atoms with van der Waals surface area (Å²) in [5.41, 5.74) is 2.04. The number of aromatic hydroxyl groups is 1. The number of hydrogen-bond acceptors (Lipinski definition) is 4. The summed E-state index contributed by atoms with van der Waals surface area (Å²) in [5.74, 6) is 0.0949. The van der Waals surface area contributed by atoms with Crippen molar-refractivity contribution in [3.8, 4) is 5.75 Å². The second-order valence-electron chi connectivity index (χ2n) is 4.96. The van der Waals surface area contributed by atoms with Crippen molar-refractivity contribution in [1.29, 1.82) is 0 Å². The largest absolute Gasteiger partial charge is 0.506 e. The molecule has 22 heavy (non-hydrogen) atoms. The van der Waals surface area contributed by atoms with Gasteiger partial charge in [0.15, 0.2) is 0 Å². The molecular formula is C18H16N2O2. The lowest BCUT2D eigenvalue weighted by atomic mass is 10.1. The first kappa shape index (κ1) is 14.1. The van der Waals surface area contributed by atoms with Gasteiger partial charge in [-0.3, -0.25) is 4.98 Å². The van der Waals surface area contributed by atoms with Crippen LogP contribution >= 0.6 is 0 Å². The van der Waals surface area contributed by atoms with Crippen LogP contribution in [0.5, 0.6) is 5.75 Å². The SMILES string of the molecule is CC(=NOCc1cccc2ccccc12)c1ncccc1O. The zero-order chi connectivity index (χ0) is 15.4. The first-order valence-electron chi connectivity index (χ1n) is 7.03. The van der Waals surface area contributed by atoms with Crippen LogP contribution in [0, 0.1) is 0 Å². The van der Waals surface area contributed by atoms with Crippen LogP contribution in [-0.2, 0) is 11.4 Å². The van der Waals surface area contributed by atoms with Crippen LogP contribution < -0.4 is 0 Å². The average Bonchev–Trinajstić information content (AvgIpc) is 2.55. The maximum Gasteiger partial charge on any atom is 0.143 e. The Labute approximate surface area is 128 Å². The standard InChI is InChI=1S/C18H16N2O2/c1-13(18-17(21)10-5-11-19-18)20-22-12-15-8-4-7-14-6-2-3-9-16(14)15/h2-11,21H,12H2,1H3. The second kappa shape index (κ2) is 6.26. The number of rotatable bonds is 4. The van der Waals surface area contributed by atoms with Crippen molar-refractivity contribution >= 4 is 16.5 Å². The third kappa shape index (κ3) is 2.91. The summed E-state index contributed by atoms with van der Waals surface area (Å²) in [5, 5.41) is 16.1. The minimum atomic E-state index is 0.0949. The van der Waals surface area contributed by atoms with E-state index in [9.17, 15) is 5.11 Å². The third-order valence-electron chi connectivity index (χ3n) is 3.43. The molecule has 0 atom stereocenters. The molecule has 0 aliphatic heterocycles. The summed E-state index contributed by atoms with van der Waals surface area (Å²) < 4.78 is 0. The topological polar surface area (TPSA) is 54.7 Å². The molecule has 0 fully saturated rings. The Balaban J connectivity index is 1.77. The van der Waals surface area contributed by atoms with Gasteiger partial charge < -0.3 is 9.94 Å². The highest BCUT2D eigenvalue weighted by Gasteiger charge is 2.06. The Morgan fingerprint density at radius 3 is 2.77 bits per heavy atom. The molecule has 3 aromatic rings. The maximum absolute atomic E-state index is 9.74. The van der Waals surface area contributed by atoms with Gasteiger partial charge in [-0.2, -0.15) is 0 Å². The van der Waals surface area contributed by atoms with E-state index in [0.717, 1.165) is 10.9 Å². The molecule has 4 heteroatoms. The fourth-order valence-electron chi connectivity index (χ4n) is 2.34. The van der Waals surface area contributed by atoms with Crippen LogP contribution in [0.4, 0.5) is 0 Å². The Morgan fingerprint density at radius 1 is 1.09 bits per heavy atom. The van der Waals surface area contributed by atoms with E-state index < -0.39 is 0 Å². The molecule has 3 rings (SSSR count). The first-order chi connectivity index (χ1) is 10.8. The smallest absolute Gasteiger partial charge is 0.143 e. The highest BCUT2D eigenvalue weighted by molar-refractivity contribution is 5.98. The summed E-state index contributed by atoms with van der Waals surface area (Å²) in [7, 11) is 0. The van der Waals surface area contributed by atoms with E-state index in [2.05, 4.69) is 28.3 Å². The second-order valence-corrected chi connectivity index (χ2v) is 4.96. The predicted octanol–water partition coefficient (Wildman–Crippen LogP) is 3.88. The van der Waals surface area contributed by atoms with Gasteiger partial charge in [0.2, 0.25) is 0 Å². The lowest BCUT2D eigenvalue weighted by Crippen LogP contribution is -2.00. The molecule has 0 radical (unpaired) electrons. The van der Waals surface area contributed by atoms with Crippen molar-refractivity contribution < 1.29 is 9.94 Å². The molecule has 0 aliphatic rings. The van der Waals surface area contributed by atoms with Crippen molar-refractivity contribution in [3.63, 3.8) is 0 Å². The summed E-state index contributed by atoms with van der Waals surface area (Å²) in [6.45, 7) is 2.12. The first-order valence-corrected chi connectivity index (χ1v) is 7.03. The normalized spacial score (nSPS) is 11.6. The van der Waals surface area contributed by atoms with Crippen molar-refractivity contribution in [2.24, 2.45) is 5.16 Å². The number of aromatic nitrogens is 1. The molecule has 1 heterocycles. The van der Waals surface area contributed by atoms with E-state index in [1.165, 1.54) is 5.39 Å². The van der Waals surface area contributed by atoms with Crippen LogP contribution in [0.25, 0.3) is 10.8 Å². The summed E-state index contributed by atoms with van der Waals surface area (Å²) in [6, 6.07) is 17.5. The van der Waals surface area contributed by atoms with Crippen LogP contribution in [0.3, 0.4) is 0 Å². The molecule has 0 saturated carbocycles. The number of fused-ring (bicyclic) bond motifs is 1. The lowest BCUT2D eigenvalue weighted by molar-refractivity contribution is 0.131. The van der Waals surface area contributed by atoms with Crippen LogP contribution in [-0.4, -0.2) is 15.8 Å². The molecule has 0 spiro atoms. The monoisotopic (exact) mass is 292 g/mol. The highest BCUT2D eigenvalue weighted by atomic mass is 16.6. The highest BCUT2D eigenvalue weighted by Crippen LogP contribution is 2.19. The van der Waals surface area contributed by atoms with E-state index >= 15 is 0 Å². The number of oxime groups is 1. The average molecular weight is 292 g/mol. The molecule has 0 bridgehead atoms. The van der Waals surface area contributed by atoms with Crippen LogP contribution in [0.15, 0.2) is 65.9 Å². The van der Waals surface area contributed by atoms with E-state index in [-0.39, 0.29) is 5.75 Å². The van der Waals surface area contributed by atoms with E-state index in [1.807, 2.05) is 24.3 Å². The van der Waals surface area contributed by atoms with Crippen molar-refractivity contribution in [2.45, 2.75) is 13.5 Å². The zero-order valence-corrected chi connectivity index (χ0v) is 12.2. The Kier molecular flexibility index (Phi) is 4.01. The summed E-state index contributed by atoms with van der Waals surface area (Å²) in [4.78, 5) is 9.53. The number of benzene rings is 2. The number of pyridine rings is 1. The van der Waals surface area contributed by atoms with Gasteiger partial charge >= 0.3 is 0 Å². The third-order valence-corrected chi connectivity index (χ3v) is 3.43. The van der Waals surface area contributed by atoms with Gasteiger partial charge in [0.25, 0.3) is 0 Å². The van der Waals surface area contributed by atoms with E-state index in [1.54, 1.807) is 25.3 Å². The van der Waals surface area contributed by atoms with Gasteiger partial charge in [-0.15, -0.1) is 0 Å². The van der Waals surface area contributed by atoms with Crippen molar-refractivity contribution in [1.82, 2.24) is 4.98 Å².